The molecule has 0 aromatic heterocycles. The van der Waals surface area contributed by atoms with Crippen LogP contribution in [0.25, 0.3) is 0 Å². The van der Waals surface area contributed by atoms with E-state index in [0.29, 0.717) is 11.6 Å². The molecule has 128 valence electrons. The van der Waals surface area contributed by atoms with Crippen LogP contribution >= 0.6 is 23.2 Å². The summed E-state index contributed by atoms with van der Waals surface area (Å²) in [5, 5.41) is 13.3. The van der Waals surface area contributed by atoms with Crippen molar-refractivity contribution in [3.8, 4) is 5.75 Å². The molecule has 24 heavy (non-hydrogen) atoms. The summed E-state index contributed by atoms with van der Waals surface area (Å²) in [4.78, 5) is 12.4. The third-order valence-electron chi connectivity index (χ3n) is 3.60. The van der Waals surface area contributed by atoms with Gasteiger partial charge in [-0.1, -0.05) is 47.5 Å². The highest BCUT2D eigenvalue weighted by Crippen LogP contribution is 2.33. The Balaban J connectivity index is 2.13. The van der Waals surface area contributed by atoms with E-state index in [0.717, 1.165) is 11.1 Å². The summed E-state index contributed by atoms with van der Waals surface area (Å²) in [7, 11) is 1.43. The average molecular weight is 368 g/mol. The van der Waals surface area contributed by atoms with Gasteiger partial charge in [0.2, 0.25) is 0 Å². The molecule has 0 saturated heterocycles. The monoisotopic (exact) mass is 367 g/mol. The van der Waals surface area contributed by atoms with E-state index in [1.165, 1.54) is 7.11 Å². The summed E-state index contributed by atoms with van der Waals surface area (Å²) >= 11 is 12.1. The van der Waals surface area contributed by atoms with Gasteiger partial charge >= 0.3 is 0 Å². The minimum absolute atomic E-state index is 0.208. The zero-order valence-corrected chi connectivity index (χ0v) is 15.2. The first-order valence-electron chi connectivity index (χ1n) is 7.36. The molecule has 0 aliphatic carbocycles. The molecule has 0 atom stereocenters. The molecule has 6 heteroatoms. The Morgan fingerprint density at radius 3 is 2.25 bits per heavy atom. The van der Waals surface area contributed by atoms with Gasteiger partial charge in [0.1, 0.15) is 5.56 Å². The maximum absolute atomic E-state index is 12.4. The highest BCUT2D eigenvalue weighted by atomic mass is 35.5. The van der Waals surface area contributed by atoms with Gasteiger partial charge in [0.05, 0.1) is 22.8 Å². The fraction of sp³-hybridized carbons (Fsp3) is 0.278. The van der Waals surface area contributed by atoms with Crippen molar-refractivity contribution in [3.05, 3.63) is 63.1 Å². The fourth-order valence-electron chi connectivity index (χ4n) is 2.25. The van der Waals surface area contributed by atoms with Crippen molar-refractivity contribution >= 4 is 29.1 Å². The molecule has 0 aliphatic heterocycles. The van der Waals surface area contributed by atoms with Crippen molar-refractivity contribution < 1.29 is 14.6 Å². The van der Waals surface area contributed by atoms with Crippen molar-refractivity contribution in [1.82, 2.24) is 5.32 Å². The van der Waals surface area contributed by atoms with Gasteiger partial charge in [0.15, 0.2) is 5.75 Å². The second-order valence-electron chi connectivity index (χ2n) is 5.88. The standard InChI is InChI=1S/C18H19Cl2NO3/c1-18(2,23)12-6-4-11(5-7-12)10-21-17(22)15-13(19)8-9-14(20)16(15)24-3/h4-9,23H,10H2,1-3H3,(H,21,22). The van der Waals surface area contributed by atoms with Crippen LogP contribution in [0.5, 0.6) is 5.75 Å². The van der Waals surface area contributed by atoms with Crippen LogP contribution in [-0.2, 0) is 12.1 Å². The summed E-state index contributed by atoms with van der Waals surface area (Å²) in [6.07, 6.45) is 0. The lowest BCUT2D eigenvalue weighted by molar-refractivity contribution is 0.0785. The van der Waals surface area contributed by atoms with Crippen LogP contribution in [0.15, 0.2) is 36.4 Å². The Morgan fingerprint density at radius 1 is 1.12 bits per heavy atom. The quantitative estimate of drug-likeness (QED) is 0.833. The van der Waals surface area contributed by atoms with Crippen LogP contribution in [0.3, 0.4) is 0 Å². The molecule has 0 radical (unpaired) electrons. The van der Waals surface area contributed by atoms with Gasteiger partial charge in [-0.2, -0.15) is 0 Å². The number of aliphatic hydroxyl groups is 1. The number of amides is 1. The Bertz CT molecular complexity index is 737. The molecule has 0 heterocycles. The molecule has 2 aromatic rings. The number of rotatable bonds is 5. The molecular formula is C18H19Cl2NO3. The van der Waals surface area contributed by atoms with Crippen molar-refractivity contribution in [3.63, 3.8) is 0 Å². The van der Waals surface area contributed by atoms with E-state index in [4.69, 9.17) is 27.9 Å². The Morgan fingerprint density at radius 2 is 1.71 bits per heavy atom. The first kappa shape index (κ1) is 18.6. The lowest BCUT2D eigenvalue weighted by atomic mass is 9.97. The maximum Gasteiger partial charge on any atom is 0.256 e. The Hall–Kier alpha value is -1.75. The number of hydrogen-bond donors (Lipinski definition) is 2. The summed E-state index contributed by atoms with van der Waals surface area (Å²) in [5.74, 6) is -0.120. The number of methoxy groups -OCH3 is 1. The van der Waals surface area contributed by atoms with Crippen LogP contribution in [0.2, 0.25) is 10.0 Å². The Labute approximate surface area is 151 Å². The van der Waals surface area contributed by atoms with E-state index in [2.05, 4.69) is 5.32 Å². The number of nitrogens with one attached hydrogen (secondary N) is 1. The Kier molecular flexibility index (Phi) is 5.75. The first-order chi connectivity index (χ1) is 11.2. The molecule has 0 aliphatic rings. The molecule has 0 unspecified atom stereocenters. The summed E-state index contributed by atoms with van der Waals surface area (Å²) < 4.78 is 5.18. The highest BCUT2D eigenvalue weighted by Gasteiger charge is 2.19. The minimum atomic E-state index is -0.899. The predicted octanol–water partition coefficient (Wildman–Crippen LogP) is 4.16. The van der Waals surface area contributed by atoms with Crippen LogP contribution in [0.4, 0.5) is 0 Å². The summed E-state index contributed by atoms with van der Waals surface area (Å²) in [6, 6.07) is 10.5. The second kappa shape index (κ2) is 7.43. The van der Waals surface area contributed by atoms with Crippen molar-refractivity contribution in [2.24, 2.45) is 0 Å². The predicted molar refractivity (Wildman–Crippen MR) is 95.9 cm³/mol. The summed E-state index contributed by atoms with van der Waals surface area (Å²) in [6.45, 7) is 3.76. The highest BCUT2D eigenvalue weighted by molar-refractivity contribution is 6.37. The third kappa shape index (κ3) is 4.20. The number of benzene rings is 2. The van der Waals surface area contributed by atoms with Gasteiger partial charge in [-0.3, -0.25) is 4.79 Å². The molecule has 4 nitrogen and oxygen atoms in total. The molecule has 2 aromatic carbocycles. The maximum atomic E-state index is 12.4. The topological polar surface area (TPSA) is 58.6 Å². The van der Waals surface area contributed by atoms with Gasteiger partial charge in [-0.05, 0) is 37.1 Å². The molecule has 2 N–H and O–H groups in total. The van der Waals surface area contributed by atoms with Gasteiger partial charge in [-0.25, -0.2) is 0 Å². The third-order valence-corrected chi connectivity index (χ3v) is 4.22. The van der Waals surface area contributed by atoms with Gasteiger partial charge in [0.25, 0.3) is 5.91 Å². The van der Waals surface area contributed by atoms with Gasteiger partial charge < -0.3 is 15.2 Å². The number of halogens is 2. The lowest BCUT2D eigenvalue weighted by Gasteiger charge is -2.18. The molecule has 0 fully saturated rings. The van der Waals surface area contributed by atoms with Gasteiger partial charge in [-0.15, -0.1) is 0 Å². The fourth-order valence-corrected chi connectivity index (χ4v) is 2.71. The van der Waals surface area contributed by atoms with Crippen LogP contribution in [-0.4, -0.2) is 18.1 Å². The van der Waals surface area contributed by atoms with Crippen molar-refractivity contribution in [1.29, 1.82) is 0 Å². The van der Waals surface area contributed by atoms with E-state index < -0.39 is 5.60 Å². The molecule has 1 amide bonds. The van der Waals surface area contributed by atoms with E-state index in [1.54, 1.807) is 26.0 Å². The number of carbonyl (C=O) groups is 1. The largest absolute Gasteiger partial charge is 0.494 e. The SMILES string of the molecule is COc1c(Cl)ccc(Cl)c1C(=O)NCc1ccc(C(C)(C)O)cc1. The minimum Gasteiger partial charge on any atom is -0.494 e. The number of carbonyl (C=O) groups excluding carboxylic acids is 1. The van der Waals surface area contributed by atoms with Crippen LogP contribution in [0, 0.1) is 0 Å². The smallest absolute Gasteiger partial charge is 0.256 e. The van der Waals surface area contributed by atoms with Gasteiger partial charge in [0, 0.05) is 6.54 Å². The molecular weight excluding hydrogens is 349 g/mol. The lowest BCUT2D eigenvalue weighted by Crippen LogP contribution is -2.24. The summed E-state index contributed by atoms with van der Waals surface area (Å²) in [5.41, 5.74) is 1.01. The van der Waals surface area contributed by atoms with Crippen molar-refractivity contribution in [2.45, 2.75) is 26.0 Å². The average Bonchev–Trinajstić information content (AvgIpc) is 2.54. The first-order valence-corrected chi connectivity index (χ1v) is 8.11. The normalized spacial score (nSPS) is 11.2. The van der Waals surface area contributed by atoms with E-state index in [1.807, 2.05) is 24.3 Å². The van der Waals surface area contributed by atoms with Crippen LogP contribution in [0.1, 0.15) is 35.3 Å². The molecule has 0 bridgehead atoms. The molecule has 0 spiro atoms. The van der Waals surface area contributed by atoms with E-state index >= 15 is 0 Å². The van der Waals surface area contributed by atoms with E-state index in [9.17, 15) is 9.90 Å². The zero-order valence-electron chi connectivity index (χ0n) is 13.7. The molecule has 0 saturated carbocycles. The van der Waals surface area contributed by atoms with Crippen molar-refractivity contribution in [2.75, 3.05) is 7.11 Å². The molecule has 2 rings (SSSR count). The van der Waals surface area contributed by atoms with E-state index in [-0.39, 0.29) is 22.2 Å². The van der Waals surface area contributed by atoms with Crippen LogP contribution < -0.4 is 10.1 Å². The number of ether oxygens (including phenoxy) is 1. The number of hydrogen-bond acceptors (Lipinski definition) is 3. The zero-order chi connectivity index (χ0) is 17.9. The second-order valence-corrected chi connectivity index (χ2v) is 6.69.